The lowest BCUT2D eigenvalue weighted by Gasteiger charge is -2.31. The van der Waals surface area contributed by atoms with Crippen molar-refractivity contribution < 1.29 is 14.3 Å². The Kier molecular flexibility index (Phi) is 5.36. The average molecular weight is 427 g/mol. The molecule has 0 radical (unpaired) electrons. The second kappa shape index (κ2) is 6.66. The molecule has 0 aromatic carbocycles. The number of esters is 1. The van der Waals surface area contributed by atoms with E-state index >= 15 is 0 Å². The third kappa shape index (κ3) is 3.49. The first kappa shape index (κ1) is 16.1. The van der Waals surface area contributed by atoms with E-state index in [4.69, 9.17) is 4.74 Å². The predicted molar refractivity (Wildman–Crippen MR) is 88.6 cm³/mol. The first-order valence-corrected chi connectivity index (χ1v) is 11.8. The van der Waals surface area contributed by atoms with E-state index in [2.05, 4.69) is 34.9 Å². The second-order valence-corrected chi connectivity index (χ2v) is 15.3. The summed E-state index contributed by atoms with van der Waals surface area (Å²) in [7, 11) is 1.39. The van der Waals surface area contributed by atoms with E-state index in [1.54, 1.807) is 6.08 Å². The van der Waals surface area contributed by atoms with Crippen LogP contribution in [0.4, 0.5) is 0 Å². The summed E-state index contributed by atoms with van der Waals surface area (Å²) in [6.45, 7) is -1.50. The zero-order valence-electron chi connectivity index (χ0n) is 11.1. The lowest BCUT2D eigenvalue weighted by Crippen LogP contribution is -2.45. The van der Waals surface area contributed by atoms with Gasteiger partial charge in [0.2, 0.25) is 0 Å². The van der Waals surface area contributed by atoms with Gasteiger partial charge >= 0.3 is 5.97 Å². The van der Waals surface area contributed by atoms with E-state index in [9.17, 15) is 9.59 Å². The van der Waals surface area contributed by atoms with Gasteiger partial charge in [0, 0.05) is 6.04 Å². The summed E-state index contributed by atoms with van der Waals surface area (Å²) < 4.78 is 4.84. The molecular formula is C13H17Br2NO3S. The highest BCUT2D eigenvalue weighted by Crippen LogP contribution is 2.72. The quantitative estimate of drug-likeness (QED) is 0.700. The molecule has 1 amide bonds. The number of amides is 1. The van der Waals surface area contributed by atoms with E-state index < -0.39 is 6.89 Å². The van der Waals surface area contributed by atoms with E-state index in [0.717, 1.165) is 25.7 Å². The average Bonchev–Trinajstić information content (AvgIpc) is 2.78. The van der Waals surface area contributed by atoms with Crippen molar-refractivity contribution in [2.75, 3.05) is 7.11 Å². The lowest BCUT2D eigenvalue weighted by atomic mass is 9.84. The number of ether oxygens (including phenoxy) is 1. The van der Waals surface area contributed by atoms with Crippen LogP contribution in [0, 0.1) is 5.92 Å². The van der Waals surface area contributed by atoms with E-state index in [-0.39, 0.29) is 23.8 Å². The Morgan fingerprint density at radius 1 is 1.35 bits per heavy atom. The molecule has 0 bridgehead atoms. The SMILES string of the molecule is COC(=O)C1CCCCC1NC(=O)C1=CC=CS1(Br)Br. The summed E-state index contributed by atoms with van der Waals surface area (Å²) >= 11 is 7.05. The van der Waals surface area contributed by atoms with E-state index in [0.29, 0.717) is 4.91 Å². The van der Waals surface area contributed by atoms with Crippen LogP contribution >= 0.6 is 36.5 Å². The van der Waals surface area contributed by atoms with Gasteiger partial charge in [-0.1, -0.05) is 25.8 Å². The number of carbonyl (C=O) groups is 2. The number of hydrogen-bond acceptors (Lipinski definition) is 3. The van der Waals surface area contributed by atoms with Crippen LogP contribution in [-0.2, 0) is 14.3 Å². The van der Waals surface area contributed by atoms with Crippen LogP contribution in [0.1, 0.15) is 25.7 Å². The molecule has 7 heteroatoms. The minimum atomic E-state index is -1.50. The van der Waals surface area contributed by atoms with Crippen molar-refractivity contribution in [1.82, 2.24) is 5.32 Å². The maximum atomic E-state index is 12.4. The van der Waals surface area contributed by atoms with Crippen LogP contribution in [0.15, 0.2) is 22.5 Å². The van der Waals surface area contributed by atoms with Gasteiger partial charge in [0.15, 0.2) is 0 Å². The number of hydrogen-bond donors (Lipinski definition) is 1. The summed E-state index contributed by atoms with van der Waals surface area (Å²) in [5, 5.41) is 4.93. The summed E-state index contributed by atoms with van der Waals surface area (Å²) in [4.78, 5) is 24.8. The first-order valence-electron chi connectivity index (χ1n) is 6.45. The monoisotopic (exact) mass is 425 g/mol. The molecule has 1 saturated carbocycles. The maximum absolute atomic E-state index is 12.4. The predicted octanol–water partition coefficient (Wildman–Crippen LogP) is 3.67. The van der Waals surface area contributed by atoms with Crippen molar-refractivity contribution in [1.29, 1.82) is 0 Å². The van der Waals surface area contributed by atoms with Gasteiger partial charge < -0.3 is 10.1 Å². The highest BCUT2D eigenvalue weighted by Gasteiger charge is 2.35. The Balaban J connectivity index is 2.04. The molecule has 0 aromatic rings. The fraction of sp³-hybridized carbons (Fsp3) is 0.538. The molecule has 0 saturated heterocycles. The summed E-state index contributed by atoms with van der Waals surface area (Å²) in [5.74, 6) is -0.591. The molecule has 1 aliphatic heterocycles. The highest BCUT2D eigenvalue weighted by atomic mass is 79.9. The van der Waals surface area contributed by atoms with Gasteiger partial charge in [-0.2, -0.15) is 0 Å². The van der Waals surface area contributed by atoms with Crippen LogP contribution < -0.4 is 5.32 Å². The van der Waals surface area contributed by atoms with Crippen molar-refractivity contribution >= 4 is 48.4 Å². The lowest BCUT2D eigenvalue weighted by molar-refractivity contribution is -0.147. The molecule has 1 N–H and O–H groups in total. The van der Waals surface area contributed by atoms with Crippen molar-refractivity contribution in [3.63, 3.8) is 0 Å². The Bertz CT molecular complexity index is 476. The molecule has 1 aliphatic carbocycles. The smallest absolute Gasteiger partial charge is 0.310 e. The molecule has 0 aromatic heterocycles. The van der Waals surface area contributed by atoms with Crippen molar-refractivity contribution in [2.45, 2.75) is 31.7 Å². The van der Waals surface area contributed by atoms with Gasteiger partial charge in [-0.15, -0.1) is 0 Å². The van der Waals surface area contributed by atoms with Crippen LogP contribution in [-0.4, -0.2) is 25.0 Å². The zero-order valence-corrected chi connectivity index (χ0v) is 15.1. The number of rotatable bonds is 3. The Morgan fingerprint density at radius 3 is 2.65 bits per heavy atom. The van der Waals surface area contributed by atoms with Crippen LogP contribution in [0.5, 0.6) is 0 Å². The Labute approximate surface area is 135 Å². The van der Waals surface area contributed by atoms with Crippen LogP contribution in [0.2, 0.25) is 0 Å². The summed E-state index contributed by atoms with van der Waals surface area (Å²) in [5.41, 5.74) is 0. The standard InChI is InChI=1S/C13H17Br2NO3S/c1-19-13(18)9-5-2-3-6-10(9)16-12(17)11-7-4-8-20(11,14)15/h4,7-10H,2-3,5-6H2,1H3,(H,16,17). The van der Waals surface area contributed by atoms with E-state index in [1.807, 2.05) is 11.5 Å². The number of allylic oxidation sites excluding steroid dienone is 2. The Morgan fingerprint density at radius 2 is 2.05 bits per heavy atom. The minimum absolute atomic E-state index is 0.125. The number of methoxy groups -OCH3 is 1. The fourth-order valence-electron chi connectivity index (χ4n) is 2.57. The molecule has 2 aliphatic rings. The normalized spacial score (nSPS) is 29.4. The zero-order chi connectivity index (χ0) is 14.8. The first-order chi connectivity index (χ1) is 9.45. The third-order valence-corrected chi connectivity index (χ3v) is 8.39. The largest absolute Gasteiger partial charge is 0.469 e. The van der Waals surface area contributed by atoms with Crippen LogP contribution in [0.25, 0.3) is 0 Å². The molecule has 1 heterocycles. The maximum Gasteiger partial charge on any atom is 0.310 e. The van der Waals surface area contributed by atoms with Gasteiger partial charge in [-0.3, -0.25) is 9.59 Å². The molecule has 4 nitrogen and oxygen atoms in total. The molecule has 2 unspecified atom stereocenters. The summed E-state index contributed by atoms with van der Waals surface area (Å²) in [6.07, 6.45) is 7.27. The van der Waals surface area contributed by atoms with Gasteiger partial charge in [0.25, 0.3) is 5.91 Å². The number of halogens is 2. The molecule has 1 fully saturated rings. The molecule has 20 heavy (non-hydrogen) atoms. The molecule has 2 atom stereocenters. The van der Waals surface area contributed by atoms with Gasteiger partial charge in [0.05, 0.1) is 17.9 Å². The molecule has 112 valence electrons. The second-order valence-electron chi connectivity index (χ2n) is 4.86. The van der Waals surface area contributed by atoms with Crippen LogP contribution in [0.3, 0.4) is 0 Å². The van der Waals surface area contributed by atoms with Crippen molar-refractivity contribution in [3.8, 4) is 0 Å². The molecule has 2 rings (SSSR count). The van der Waals surface area contributed by atoms with Crippen molar-refractivity contribution in [3.05, 3.63) is 22.5 Å². The Hall–Kier alpha value is -0.270. The van der Waals surface area contributed by atoms with Gasteiger partial charge in [-0.05, 0) is 54.0 Å². The molecule has 0 spiro atoms. The number of carbonyl (C=O) groups excluding carboxylic acids is 2. The minimum Gasteiger partial charge on any atom is -0.469 e. The third-order valence-electron chi connectivity index (χ3n) is 3.60. The molecular weight excluding hydrogens is 410 g/mol. The summed E-state index contributed by atoms with van der Waals surface area (Å²) in [6, 6.07) is -0.139. The van der Waals surface area contributed by atoms with E-state index in [1.165, 1.54) is 7.11 Å². The number of nitrogens with one attached hydrogen (secondary N) is 1. The topological polar surface area (TPSA) is 55.4 Å². The van der Waals surface area contributed by atoms with Crippen molar-refractivity contribution in [2.24, 2.45) is 5.92 Å². The van der Waals surface area contributed by atoms with Gasteiger partial charge in [-0.25, -0.2) is 0 Å². The van der Waals surface area contributed by atoms with Gasteiger partial charge in [0.1, 0.15) is 0 Å². The highest BCUT2D eigenvalue weighted by molar-refractivity contribution is 9.92. The fourth-order valence-corrected chi connectivity index (χ4v) is 5.83.